The summed E-state index contributed by atoms with van der Waals surface area (Å²) in [5.41, 5.74) is -0.199. The molecule has 0 unspecified atom stereocenters. The summed E-state index contributed by atoms with van der Waals surface area (Å²) in [4.78, 5) is 14.3. The van der Waals surface area contributed by atoms with E-state index in [1.54, 1.807) is 42.5 Å². The van der Waals surface area contributed by atoms with Crippen molar-refractivity contribution >= 4 is 21.8 Å². The molecule has 7 aromatic carbocycles. The minimum absolute atomic E-state index is 0.0856. The number of hydrogen-bond donors (Lipinski definition) is 0. The Morgan fingerprint density at radius 1 is 0.408 bits per heavy atom. The standard InChI is InChI=1S/C45H30N4/c1-5-15-31(16-6-1)32-25-27-35(28-26-32)44-46-43(34-19-9-3-10-20-34)47-45(48-44)36-29-39(33-17-7-2-8-18-33)42-38-23-13-14-24-40(38)49(41(42)30-36)37-21-11-4-12-22-37/h1-30H/i2D,4D,7D,8D,11D,12D,13D,14D,17D,18D,21D,22D,23D,24D,29D,30D. The highest BCUT2D eigenvalue weighted by Gasteiger charge is 2.20. The number of rotatable bonds is 6. The van der Waals surface area contributed by atoms with E-state index in [2.05, 4.69) is 0 Å². The topological polar surface area (TPSA) is 43.6 Å². The fraction of sp³-hybridized carbons (Fsp3) is 0. The van der Waals surface area contributed by atoms with E-state index in [-0.39, 0.29) is 22.9 Å². The van der Waals surface area contributed by atoms with E-state index in [0.717, 1.165) is 15.7 Å². The van der Waals surface area contributed by atoms with E-state index in [4.69, 9.17) is 31.4 Å². The molecule has 9 rings (SSSR count). The molecule has 49 heavy (non-hydrogen) atoms. The lowest BCUT2D eigenvalue weighted by Crippen LogP contribution is -2.01. The molecular formula is C45H30N4. The first kappa shape index (κ1) is 16.4. The lowest BCUT2D eigenvalue weighted by atomic mass is 9.96. The van der Waals surface area contributed by atoms with Crippen LogP contribution in [0.4, 0.5) is 0 Å². The first-order chi connectivity index (χ1) is 31.0. The molecule has 0 atom stereocenters. The SMILES string of the molecule is [2H]c1c([2H])c([2H])c(-c2c([2H])c(-c3nc(-c4ccccc4)nc(-c4ccc(-c5ccccc5)cc4)n3)c([2H])c3c2c2c([2H])c([2H])c([2H])c([2H])c2n3-c2c([2H])c([2H])c([2H])c([2H])c2[2H])c([2H])c1[2H]. The van der Waals surface area contributed by atoms with Crippen molar-refractivity contribution < 1.29 is 21.9 Å². The second-order valence-electron chi connectivity index (χ2n) is 10.9. The molecule has 0 saturated carbocycles. The van der Waals surface area contributed by atoms with Gasteiger partial charge in [-0.2, -0.15) is 0 Å². The molecule has 0 aliphatic heterocycles. The number of hydrogen-bond acceptors (Lipinski definition) is 3. The lowest BCUT2D eigenvalue weighted by molar-refractivity contribution is 1.07. The van der Waals surface area contributed by atoms with Gasteiger partial charge in [0.1, 0.15) is 0 Å². The third-order valence-electron chi connectivity index (χ3n) is 7.95. The van der Waals surface area contributed by atoms with Crippen LogP contribution >= 0.6 is 0 Å². The van der Waals surface area contributed by atoms with Gasteiger partial charge in [-0.1, -0.05) is 151 Å². The summed E-state index contributed by atoms with van der Waals surface area (Å²) in [5, 5.41) is -0.793. The molecule has 0 amide bonds. The first-order valence-electron chi connectivity index (χ1n) is 23.2. The summed E-state index contributed by atoms with van der Waals surface area (Å²) in [6.07, 6.45) is 0. The molecule has 0 bridgehead atoms. The summed E-state index contributed by atoms with van der Waals surface area (Å²) < 4.78 is 144. The van der Waals surface area contributed by atoms with Gasteiger partial charge >= 0.3 is 0 Å². The zero-order chi connectivity index (χ0) is 46.5. The normalized spacial score (nSPS) is 15.8. The maximum Gasteiger partial charge on any atom is 0.164 e. The average Bonchev–Trinajstić information content (AvgIpc) is 3.67. The molecule has 4 heteroatoms. The van der Waals surface area contributed by atoms with E-state index in [1.165, 1.54) is 0 Å². The van der Waals surface area contributed by atoms with Crippen molar-refractivity contribution in [3.63, 3.8) is 0 Å². The molecule has 2 aromatic heterocycles. The molecule has 230 valence electrons. The smallest absolute Gasteiger partial charge is 0.164 e. The highest BCUT2D eigenvalue weighted by molar-refractivity contribution is 6.16. The van der Waals surface area contributed by atoms with Crippen molar-refractivity contribution in [1.82, 2.24) is 19.5 Å². The van der Waals surface area contributed by atoms with Crippen LogP contribution in [0.1, 0.15) is 21.9 Å². The Hall–Kier alpha value is -6.65. The summed E-state index contributed by atoms with van der Waals surface area (Å²) >= 11 is 0. The second kappa shape index (κ2) is 12.2. The fourth-order valence-electron chi connectivity index (χ4n) is 5.72. The van der Waals surface area contributed by atoms with Gasteiger partial charge in [-0.15, -0.1) is 0 Å². The van der Waals surface area contributed by atoms with Gasteiger partial charge in [0.05, 0.1) is 33.0 Å². The molecule has 2 heterocycles. The fourth-order valence-corrected chi connectivity index (χ4v) is 5.72. The molecule has 0 radical (unpaired) electrons. The van der Waals surface area contributed by atoms with E-state index >= 15 is 0 Å². The molecule has 0 aliphatic rings. The summed E-state index contributed by atoms with van der Waals surface area (Å²) in [7, 11) is 0. The van der Waals surface area contributed by atoms with Crippen LogP contribution in [-0.2, 0) is 0 Å². The molecule has 9 aromatic rings. The van der Waals surface area contributed by atoms with Crippen LogP contribution in [0.15, 0.2) is 182 Å². The van der Waals surface area contributed by atoms with E-state index < -0.39 is 135 Å². The second-order valence-corrected chi connectivity index (χ2v) is 10.9. The van der Waals surface area contributed by atoms with Gasteiger partial charge in [-0.3, -0.25) is 0 Å². The molecule has 0 spiro atoms. The Morgan fingerprint density at radius 2 is 0.918 bits per heavy atom. The molecule has 0 saturated heterocycles. The minimum Gasteiger partial charge on any atom is -0.309 e. The number of fused-ring (bicyclic) bond motifs is 3. The van der Waals surface area contributed by atoms with Crippen LogP contribution in [0.3, 0.4) is 0 Å². The van der Waals surface area contributed by atoms with E-state index in [1.807, 2.05) is 42.5 Å². The predicted molar refractivity (Wildman–Crippen MR) is 201 cm³/mol. The van der Waals surface area contributed by atoms with Crippen molar-refractivity contribution in [2.24, 2.45) is 0 Å². The number of benzene rings is 7. The van der Waals surface area contributed by atoms with Gasteiger partial charge in [-0.05, 0) is 52.5 Å². The number of nitrogens with zero attached hydrogens (tertiary/aromatic N) is 4. The van der Waals surface area contributed by atoms with E-state index in [0.29, 0.717) is 11.1 Å². The van der Waals surface area contributed by atoms with Crippen LogP contribution in [0.2, 0.25) is 0 Å². The lowest BCUT2D eigenvalue weighted by Gasteiger charge is -2.13. The Kier molecular flexibility index (Phi) is 4.09. The van der Waals surface area contributed by atoms with E-state index in [9.17, 15) is 5.48 Å². The zero-order valence-electron chi connectivity index (χ0n) is 41.4. The Morgan fingerprint density at radius 3 is 1.59 bits per heavy atom. The summed E-state index contributed by atoms with van der Waals surface area (Å²) in [5.74, 6) is -0.141. The number of aromatic nitrogens is 4. The predicted octanol–water partition coefficient (Wildman–Crippen LogP) is 11.3. The van der Waals surface area contributed by atoms with Crippen molar-refractivity contribution in [3.05, 3.63) is 182 Å². The van der Waals surface area contributed by atoms with Crippen molar-refractivity contribution in [2.45, 2.75) is 0 Å². The van der Waals surface area contributed by atoms with Crippen LogP contribution in [-0.4, -0.2) is 19.5 Å². The highest BCUT2D eigenvalue weighted by atomic mass is 15.0. The maximum atomic E-state index is 10.0. The highest BCUT2D eigenvalue weighted by Crippen LogP contribution is 2.41. The van der Waals surface area contributed by atoms with Crippen LogP contribution in [0, 0.1) is 0 Å². The zero-order valence-corrected chi connectivity index (χ0v) is 25.4. The molecule has 0 N–H and O–H groups in total. The van der Waals surface area contributed by atoms with Gasteiger partial charge < -0.3 is 4.57 Å². The quantitative estimate of drug-likeness (QED) is 0.181. The molecular weight excluding hydrogens is 597 g/mol. The molecule has 0 fully saturated rings. The summed E-state index contributed by atoms with van der Waals surface area (Å²) in [6, 6.07) is 13.3. The van der Waals surface area contributed by atoms with Gasteiger partial charge in [0.15, 0.2) is 17.5 Å². The third kappa shape index (κ3) is 5.26. The maximum absolute atomic E-state index is 10.0. The van der Waals surface area contributed by atoms with Gasteiger partial charge in [-0.25, -0.2) is 15.0 Å². The Labute approximate surface area is 307 Å². The molecule has 0 aliphatic carbocycles. The Balaban J connectivity index is 1.52. The largest absolute Gasteiger partial charge is 0.309 e. The van der Waals surface area contributed by atoms with Crippen LogP contribution in [0.5, 0.6) is 0 Å². The van der Waals surface area contributed by atoms with Crippen LogP contribution < -0.4 is 0 Å². The van der Waals surface area contributed by atoms with Gasteiger partial charge in [0.25, 0.3) is 0 Å². The van der Waals surface area contributed by atoms with Gasteiger partial charge in [0.2, 0.25) is 0 Å². The monoisotopic (exact) mass is 642 g/mol. The molecule has 4 nitrogen and oxygen atoms in total. The average molecular weight is 643 g/mol. The third-order valence-corrected chi connectivity index (χ3v) is 7.95. The Bertz CT molecular complexity index is 3430. The van der Waals surface area contributed by atoms with Crippen LogP contribution in [0.25, 0.3) is 83.9 Å². The van der Waals surface area contributed by atoms with Crippen molar-refractivity contribution in [1.29, 1.82) is 0 Å². The van der Waals surface area contributed by atoms with Gasteiger partial charge in [0, 0.05) is 33.2 Å². The van der Waals surface area contributed by atoms with Crippen molar-refractivity contribution in [2.75, 3.05) is 0 Å². The van der Waals surface area contributed by atoms with Crippen molar-refractivity contribution in [3.8, 4) is 62.1 Å². The first-order valence-corrected chi connectivity index (χ1v) is 15.2. The minimum atomic E-state index is -0.810. The summed E-state index contributed by atoms with van der Waals surface area (Å²) in [6.45, 7) is 0. The number of para-hydroxylation sites is 2.